The summed E-state index contributed by atoms with van der Waals surface area (Å²) in [6, 6.07) is 17.1. The highest BCUT2D eigenvalue weighted by Gasteiger charge is 2.11. The van der Waals surface area contributed by atoms with E-state index in [1.54, 1.807) is 42.5 Å². The maximum Gasteiger partial charge on any atom is 0.189 e. The summed E-state index contributed by atoms with van der Waals surface area (Å²) >= 11 is 0. The Balaban J connectivity index is 2.08. The number of benzene rings is 2. The highest BCUT2D eigenvalue weighted by atomic mass is 32.2. The molecule has 0 saturated heterocycles. The van der Waals surface area contributed by atoms with E-state index in [2.05, 4.69) is 11.8 Å². The van der Waals surface area contributed by atoms with Crippen LogP contribution in [0.15, 0.2) is 65.6 Å². The van der Waals surface area contributed by atoms with Gasteiger partial charge in [0.1, 0.15) is 11.9 Å². The molecule has 3 nitrogen and oxygen atoms in total. The summed E-state index contributed by atoms with van der Waals surface area (Å²) in [5.41, 5.74) is 0.650. The Hall–Kier alpha value is -2.09. The van der Waals surface area contributed by atoms with Crippen molar-refractivity contribution in [3.63, 3.8) is 0 Å². The van der Waals surface area contributed by atoms with Gasteiger partial charge in [-0.1, -0.05) is 60.4 Å². The SMILES string of the molecule is O=S(=O)(CC#CC(O)c1ccccc1)c1ccccc1. The van der Waals surface area contributed by atoms with Gasteiger partial charge in [0.15, 0.2) is 9.84 Å². The normalized spacial score (nSPS) is 12.2. The predicted molar refractivity (Wildman–Crippen MR) is 77.7 cm³/mol. The molecule has 1 atom stereocenters. The van der Waals surface area contributed by atoms with Crippen LogP contribution in [0.25, 0.3) is 0 Å². The van der Waals surface area contributed by atoms with Crippen LogP contribution in [0.1, 0.15) is 11.7 Å². The molecule has 0 aliphatic rings. The third-order valence-electron chi connectivity index (χ3n) is 2.72. The molecule has 0 amide bonds. The molecule has 2 aromatic rings. The van der Waals surface area contributed by atoms with Crippen molar-refractivity contribution < 1.29 is 13.5 Å². The lowest BCUT2D eigenvalue weighted by Gasteiger charge is -2.02. The van der Waals surface area contributed by atoms with E-state index in [0.29, 0.717) is 5.56 Å². The van der Waals surface area contributed by atoms with E-state index in [9.17, 15) is 13.5 Å². The molecule has 2 aromatic carbocycles. The molecule has 0 heterocycles. The first-order chi connectivity index (χ1) is 9.59. The summed E-state index contributed by atoms with van der Waals surface area (Å²) in [6.07, 6.45) is -0.970. The quantitative estimate of drug-likeness (QED) is 0.880. The summed E-state index contributed by atoms with van der Waals surface area (Å²) in [5, 5.41) is 9.82. The molecule has 1 unspecified atom stereocenters. The van der Waals surface area contributed by atoms with Crippen molar-refractivity contribution in [2.75, 3.05) is 5.75 Å². The number of hydrogen-bond acceptors (Lipinski definition) is 3. The molecule has 0 fully saturated rings. The van der Waals surface area contributed by atoms with E-state index in [-0.39, 0.29) is 10.6 Å². The molecule has 0 aliphatic heterocycles. The van der Waals surface area contributed by atoms with Crippen LogP contribution in [0.4, 0.5) is 0 Å². The van der Waals surface area contributed by atoms with E-state index in [0.717, 1.165) is 0 Å². The van der Waals surface area contributed by atoms with Crippen molar-refractivity contribution >= 4 is 9.84 Å². The van der Waals surface area contributed by atoms with Crippen LogP contribution in [0.3, 0.4) is 0 Å². The minimum atomic E-state index is -3.42. The molecule has 102 valence electrons. The van der Waals surface area contributed by atoms with Crippen molar-refractivity contribution in [2.24, 2.45) is 0 Å². The minimum Gasteiger partial charge on any atom is -0.376 e. The van der Waals surface area contributed by atoms with Gasteiger partial charge in [0.25, 0.3) is 0 Å². The molecule has 0 saturated carbocycles. The second-order valence-electron chi connectivity index (χ2n) is 4.21. The Kier molecular flexibility index (Phi) is 4.57. The van der Waals surface area contributed by atoms with Gasteiger partial charge in [0.05, 0.1) is 4.90 Å². The van der Waals surface area contributed by atoms with Crippen LogP contribution in [0.2, 0.25) is 0 Å². The maximum absolute atomic E-state index is 12.0. The van der Waals surface area contributed by atoms with Gasteiger partial charge in [-0.25, -0.2) is 8.42 Å². The van der Waals surface area contributed by atoms with E-state index < -0.39 is 15.9 Å². The molecule has 0 radical (unpaired) electrons. The largest absolute Gasteiger partial charge is 0.376 e. The second kappa shape index (κ2) is 6.38. The van der Waals surface area contributed by atoms with Crippen molar-refractivity contribution in [2.45, 2.75) is 11.0 Å². The Morgan fingerprint density at radius 3 is 2.10 bits per heavy atom. The molecule has 0 spiro atoms. The molecule has 2 rings (SSSR count). The highest BCUT2D eigenvalue weighted by Crippen LogP contribution is 2.12. The minimum absolute atomic E-state index is 0.239. The topological polar surface area (TPSA) is 54.4 Å². The Bertz CT molecular complexity index is 711. The average Bonchev–Trinajstić information content (AvgIpc) is 2.49. The summed E-state index contributed by atoms with van der Waals surface area (Å²) in [4.78, 5) is 0.239. The summed E-state index contributed by atoms with van der Waals surface area (Å²) in [5.74, 6) is 4.78. The Labute approximate surface area is 118 Å². The van der Waals surface area contributed by atoms with Crippen LogP contribution in [-0.2, 0) is 9.84 Å². The van der Waals surface area contributed by atoms with Gasteiger partial charge in [-0.2, -0.15) is 0 Å². The van der Waals surface area contributed by atoms with Crippen LogP contribution < -0.4 is 0 Å². The third-order valence-corrected chi connectivity index (χ3v) is 4.23. The molecular formula is C16H14O3S. The number of hydrogen-bond donors (Lipinski definition) is 1. The first-order valence-electron chi connectivity index (χ1n) is 6.09. The lowest BCUT2D eigenvalue weighted by Crippen LogP contribution is -2.05. The standard InChI is InChI=1S/C16H14O3S/c17-16(14-8-3-1-4-9-14)12-7-13-20(18,19)15-10-5-2-6-11-15/h1-6,8-11,16-17H,13H2. The van der Waals surface area contributed by atoms with Crippen LogP contribution in [0.5, 0.6) is 0 Å². The molecule has 0 bridgehead atoms. The molecule has 1 N–H and O–H groups in total. The Morgan fingerprint density at radius 1 is 0.950 bits per heavy atom. The smallest absolute Gasteiger partial charge is 0.189 e. The fourth-order valence-corrected chi connectivity index (χ4v) is 2.68. The van der Waals surface area contributed by atoms with Crippen molar-refractivity contribution in [1.82, 2.24) is 0 Å². The average molecular weight is 286 g/mol. The van der Waals surface area contributed by atoms with E-state index in [1.165, 1.54) is 12.1 Å². The Morgan fingerprint density at radius 2 is 1.50 bits per heavy atom. The van der Waals surface area contributed by atoms with Gasteiger partial charge < -0.3 is 5.11 Å². The van der Waals surface area contributed by atoms with Crippen LogP contribution in [-0.4, -0.2) is 19.3 Å². The van der Waals surface area contributed by atoms with Crippen LogP contribution in [0, 0.1) is 11.8 Å². The summed E-state index contributed by atoms with van der Waals surface area (Å²) in [6.45, 7) is 0. The third kappa shape index (κ3) is 3.70. The molecule has 0 aromatic heterocycles. The fourth-order valence-electron chi connectivity index (χ4n) is 1.66. The maximum atomic E-state index is 12.0. The van der Waals surface area contributed by atoms with Gasteiger partial charge in [0, 0.05) is 0 Å². The zero-order chi connectivity index (χ0) is 14.4. The number of aliphatic hydroxyl groups excluding tert-OH is 1. The van der Waals surface area contributed by atoms with E-state index in [4.69, 9.17) is 0 Å². The predicted octanol–water partition coefficient (Wildman–Crippen LogP) is 2.20. The second-order valence-corrected chi connectivity index (χ2v) is 6.20. The van der Waals surface area contributed by atoms with Crippen molar-refractivity contribution in [1.29, 1.82) is 0 Å². The fraction of sp³-hybridized carbons (Fsp3) is 0.125. The summed E-state index contributed by atoms with van der Waals surface area (Å²) < 4.78 is 23.9. The van der Waals surface area contributed by atoms with Gasteiger partial charge in [0.2, 0.25) is 0 Å². The monoisotopic (exact) mass is 286 g/mol. The lowest BCUT2D eigenvalue weighted by molar-refractivity contribution is 0.238. The molecule has 4 heteroatoms. The lowest BCUT2D eigenvalue weighted by atomic mass is 10.1. The van der Waals surface area contributed by atoms with Gasteiger partial charge >= 0.3 is 0 Å². The first-order valence-corrected chi connectivity index (χ1v) is 7.74. The molecule has 0 aliphatic carbocycles. The van der Waals surface area contributed by atoms with Crippen molar-refractivity contribution in [3.8, 4) is 11.8 Å². The number of rotatable bonds is 3. The van der Waals surface area contributed by atoms with Gasteiger partial charge in [-0.3, -0.25) is 0 Å². The summed E-state index contributed by atoms with van der Waals surface area (Å²) in [7, 11) is -3.42. The van der Waals surface area contributed by atoms with Crippen LogP contribution >= 0.6 is 0 Å². The number of sulfone groups is 1. The van der Waals surface area contributed by atoms with Gasteiger partial charge in [-0.05, 0) is 17.7 Å². The number of aliphatic hydroxyl groups is 1. The first kappa shape index (κ1) is 14.3. The van der Waals surface area contributed by atoms with E-state index >= 15 is 0 Å². The molecular weight excluding hydrogens is 272 g/mol. The highest BCUT2D eigenvalue weighted by molar-refractivity contribution is 7.91. The van der Waals surface area contributed by atoms with Gasteiger partial charge in [-0.15, -0.1) is 0 Å². The zero-order valence-electron chi connectivity index (χ0n) is 10.7. The zero-order valence-corrected chi connectivity index (χ0v) is 11.5. The molecule has 20 heavy (non-hydrogen) atoms. The van der Waals surface area contributed by atoms with E-state index in [1.807, 2.05) is 6.07 Å². The van der Waals surface area contributed by atoms with Crippen molar-refractivity contribution in [3.05, 3.63) is 66.2 Å².